The van der Waals surface area contributed by atoms with Gasteiger partial charge >= 0.3 is 0 Å². The van der Waals surface area contributed by atoms with Crippen LogP contribution in [-0.4, -0.2) is 33.4 Å². The van der Waals surface area contributed by atoms with E-state index in [4.69, 9.17) is 12.5 Å². The van der Waals surface area contributed by atoms with Gasteiger partial charge in [0.15, 0.2) is 0 Å². The molecule has 10 heteroatoms. The van der Waals surface area contributed by atoms with E-state index in [9.17, 15) is 0 Å². The van der Waals surface area contributed by atoms with Gasteiger partial charge in [0.2, 0.25) is 0 Å². The van der Waals surface area contributed by atoms with Crippen LogP contribution >= 0.6 is 57.2 Å². The normalized spacial score (nSPS) is 28.4. The van der Waals surface area contributed by atoms with E-state index in [2.05, 4.69) is 6.92 Å². The lowest BCUT2D eigenvalue weighted by Gasteiger charge is -2.74. The lowest BCUT2D eigenvalue weighted by atomic mass is 10.6. The highest BCUT2D eigenvalue weighted by Crippen LogP contribution is 3.03. The maximum absolute atomic E-state index is 6.43. The van der Waals surface area contributed by atoms with E-state index in [-0.39, 0.29) is 0 Å². The summed E-state index contributed by atoms with van der Waals surface area (Å²) in [5, 5.41) is 0. The molecule has 0 unspecified atom stereocenters. The molecule has 0 amide bonds. The van der Waals surface area contributed by atoms with Gasteiger partial charge in [0, 0.05) is 25.4 Å². The SMILES string of the molecule is CCCS1(OCC)(OCC)(OCC)[Si]SSSSS1. The Bertz CT molecular complexity index is 252. The topological polar surface area (TPSA) is 27.7 Å². The maximum atomic E-state index is 6.43. The molecule has 0 atom stereocenters. The first-order valence-electron chi connectivity index (χ1n) is 6.22. The highest BCUT2D eigenvalue weighted by Gasteiger charge is 2.65. The van der Waals surface area contributed by atoms with Crippen molar-refractivity contribution in [3.05, 3.63) is 0 Å². The van der Waals surface area contributed by atoms with E-state index < -0.39 is 7.62 Å². The Morgan fingerprint density at radius 1 is 0.842 bits per heavy atom. The molecule has 0 aliphatic carbocycles. The van der Waals surface area contributed by atoms with Crippen molar-refractivity contribution in [2.75, 3.05) is 25.6 Å². The summed E-state index contributed by atoms with van der Waals surface area (Å²) in [6.07, 6.45) is 0.998. The smallest absolute Gasteiger partial charge is 0.278 e. The van der Waals surface area contributed by atoms with Gasteiger partial charge in [0.05, 0.1) is 19.8 Å². The zero-order valence-corrected chi connectivity index (χ0v) is 17.6. The van der Waals surface area contributed by atoms with Crippen LogP contribution in [0.1, 0.15) is 34.1 Å². The standard InChI is InChI=1S/C9H22O3S6Si/c1-5-9-18(10-6-2,11-7-3,12-8-4)16-14-13-15-17-19-18/h5-9H2,1-4H3. The van der Waals surface area contributed by atoms with Gasteiger partial charge < -0.3 is 12.5 Å². The molecule has 19 heavy (non-hydrogen) atoms. The minimum absolute atomic E-state index is 0.476. The fourth-order valence-corrected chi connectivity index (χ4v) is 45.4. The Hall–Kier alpha value is 2.20. The summed E-state index contributed by atoms with van der Waals surface area (Å²) in [6, 6.07) is 0. The Balaban J connectivity index is 3.34. The van der Waals surface area contributed by atoms with Gasteiger partial charge in [-0.3, -0.25) is 0 Å². The van der Waals surface area contributed by atoms with E-state index in [0.717, 1.165) is 12.2 Å². The fraction of sp³-hybridized carbons (Fsp3) is 1.00. The van der Waals surface area contributed by atoms with Crippen molar-refractivity contribution >= 4 is 65.0 Å². The first-order valence-corrected chi connectivity index (χ1v) is 17.7. The van der Waals surface area contributed by atoms with Crippen molar-refractivity contribution in [1.82, 2.24) is 0 Å². The molecule has 1 fully saturated rings. The second-order valence-electron chi connectivity index (χ2n) is 3.72. The van der Waals surface area contributed by atoms with E-state index in [1.807, 2.05) is 31.0 Å². The molecule has 0 N–H and O–H groups in total. The van der Waals surface area contributed by atoms with Crippen molar-refractivity contribution in [2.24, 2.45) is 0 Å². The quantitative estimate of drug-likeness (QED) is 0.367. The van der Waals surface area contributed by atoms with Crippen molar-refractivity contribution in [3.8, 4) is 0 Å². The summed E-state index contributed by atoms with van der Waals surface area (Å²) >= 11 is 0. The summed E-state index contributed by atoms with van der Waals surface area (Å²) < 4.78 is 19.3. The first-order chi connectivity index (χ1) is 9.06. The third-order valence-electron chi connectivity index (χ3n) is 2.36. The molecule has 116 valence electrons. The van der Waals surface area contributed by atoms with Crippen LogP contribution < -0.4 is 0 Å². The van der Waals surface area contributed by atoms with Gasteiger partial charge in [-0.25, -0.2) is 0 Å². The van der Waals surface area contributed by atoms with Crippen LogP contribution in [0.15, 0.2) is 0 Å². The first kappa shape index (κ1) is 19.2. The maximum Gasteiger partial charge on any atom is 0.278 e. The zero-order chi connectivity index (χ0) is 14.3. The molecule has 0 aromatic carbocycles. The van der Waals surface area contributed by atoms with Crippen LogP contribution in [0.5, 0.6) is 0 Å². The molecule has 1 rings (SSSR count). The predicted octanol–water partition coefficient (Wildman–Crippen LogP) is 5.92. The number of rotatable bonds is 8. The van der Waals surface area contributed by atoms with Crippen molar-refractivity contribution < 1.29 is 12.5 Å². The average molecular weight is 399 g/mol. The Morgan fingerprint density at radius 3 is 1.89 bits per heavy atom. The van der Waals surface area contributed by atoms with Crippen molar-refractivity contribution in [1.29, 1.82) is 0 Å². The van der Waals surface area contributed by atoms with E-state index in [1.165, 1.54) is 0 Å². The van der Waals surface area contributed by atoms with Gasteiger partial charge in [-0.1, -0.05) is 17.2 Å². The molecular weight excluding hydrogens is 377 g/mol. The van der Waals surface area contributed by atoms with Crippen LogP contribution in [0.3, 0.4) is 0 Å². The molecule has 2 radical (unpaired) electrons. The van der Waals surface area contributed by atoms with E-state index in [1.54, 1.807) is 39.3 Å². The second-order valence-corrected chi connectivity index (χ2v) is 25.3. The zero-order valence-electron chi connectivity index (χ0n) is 11.7. The summed E-state index contributed by atoms with van der Waals surface area (Å²) in [5.41, 5.74) is 0. The highest BCUT2D eigenvalue weighted by atomic mass is 33.9. The molecule has 0 spiro atoms. The predicted molar refractivity (Wildman–Crippen MR) is 101 cm³/mol. The molecule has 1 aliphatic heterocycles. The fourth-order valence-electron chi connectivity index (χ4n) is 1.99. The van der Waals surface area contributed by atoms with Gasteiger partial charge in [-0.15, -0.1) is 0 Å². The van der Waals surface area contributed by atoms with Gasteiger partial charge in [0.1, 0.15) is 0 Å². The Morgan fingerprint density at radius 2 is 1.42 bits per heavy atom. The monoisotopic (exact) mass is 398 g/mol. The van der Waals surface area contributed by atoms with Crippen LogP contribution in [0.25, 0.3) is 0 Å². The van der Waals surface area contributed by atoms with E-state index in [0.29, 0.717) is 27.6 Å². The van der Waals surface area contributed by atoms with Crippen LogP contribution in [0, 0.1) is 0 Å². The van der Waals surface area contributed by atoms with Gasteiger partial charge in [-0.2, -0.15) is 0 Å². The minimum Gasteiger partial charge on any atom is -0.309 e. The van der Waals surface area contributed by atoms with Gasteiger partial charge in [-0.05, 0) is 54.5 Å². The molecule has 1 saturated heterocycles. The summed E-state index contributed by atoms with van der Waals surface area (Å²) in [6.45, 7) is 10.1. The van der Waals surface area contributed by atoms with Crippen LogP contribution in [0.2, 0.25) is 0 Å². The minimum atomic E-state index is -3.44. The second kappa shape index (κ2) is 7.65. The number of hydrogen-bond acceptors (Lipinski definition) is 8. The third kappa shape index (κ3) is 3.94. The van der Waals surface area contributed by atoms with Crippen LogP contribution in [0.4, 0.5) is 0 Å². The summed E-state index contributed by atoms with van der Waals surface area (Å²) in [4.78, 5) is 0. The molecule has 3 nitrogen and oxygen atoms in total. The van der Waals surface area contributed by atoms with Gasteiger partial charge in [0.25, 0.3) is 7.82 Å². The largest absolute Gasteiger partial charge is 0.309 e. The lowest BCUT2D eigenvalue weighted by Crippen LogP contribution is -2.46. The average Bonchev–Trinajstić information content (AvgIpc) is 2.53. The summed E-state index contributed by atoms with van der Waals surface area (Å²) in [7, 11) is 5.89. The Labute approximate surface area is 136 Å². The Kier molecular flexibility index (Phi) is 7.75. The molecule has 0 saturated carbocycles. The van der Waals surface area contributed by atoms with Crippen molar-refractivity contribution in [3.63, 3.8) is 0 Å². The molecule has 1 heterocycles. The number of hydrogen-bond donors (Lipinski definition) is 0. The molecule has 0 aromatic rings. The molecule has 0 bridgehead atoms. The molecular formula is C9H22O3S6Si. The van der Waals surface area contributed by atoms with E-state index >= 15 is 0 Å². The highest BCUT2D eigenvalue weighted by molar-refractivity contribution is 9.55. The van der Waals surface area contributed by atoms with Crippen molar-refractivity contribution in [2.45, 2.75) is 34.1 Å². The third-order valence-corrected chi connectivity index (χ3v) is 34.3. The van der Waals surface area contributed by atoms with Crippen LogP contribution in [-0.2, 0) is 12.5 Å². The molecule has 1 aliphatic rings. The lowest BCUT2D eigenvalue weighted by molar-refractivity contribution is 0.170. The molecule has 0 aromatic heterocycles. The summed E-state index contributed by atoms with van der Waals surface area (Å²) in [5.74, 6) is 0.847.